The van der Waals surface area contributed by atoms with Gasteiger partial charge in [-0.3, -0.25) is 4.79 Å². The molecule has 1 atom stereocenters. The Kier molecular flexibility index (Phi) is 3.14. The van der Waals surface area contributed by atoms with E-state index in [4.69, 9.17) is 0 Å². The predicted octanol–water partition coefficient (Wildman–Crippen LogP) is 0.595. The zero-order chi connectivity index (χ0) is 11.5. The molecule has 1 amide bonds. The third-order valence-electron chi connectivity index (χ3n) is 2.56. The number of benzene rings is 1. The lowest BCUT2D eigenvalue weighted by Gasteiger charge is -2.23. The van der Waals surface area contributed by atoms with E-state index in [-0.39, 0.29) is 17.9 Å². The molecule has 1 heterocycles. The lowest BCUT2D eigenvalue weighted by atomic mass is 10.0. The fourth-order valence-electron chi connectivity index (χ4n) is 1.73. The first-order chi connectivity index (χ1) is 7.66. The van der Waals surface area contributed by atoms with Gasteiger partial charge >= 0.3 is 0 Å². The number of halogens is 2. The summed E-state index contributed by atoms with van der Waals surface area (Å²) < 4.78 is 26.2. The first-order valence-electron chi connectivity index (χ1n) is 5.12. The largest absolute Gasteiger partial charge is 0.353 e. The highest BCUT2D eigenvalue weighted by Gasteiger charge is 2.22. The minimum absolute atomic E-state index is 0.162. The van der Waals surface area contributed by atoms with E-state index in [9.17, 15) is 13.6 Å². The van der Waals surface area contributed by atoms with Crippen LogP contribution in [0.2, 0.25) is 0 Å². The molecule has 1 aromatic rings. The minimum atomic E-state index is -0.493. The summed E-state index contributed by atoms with van der Waals surface area (Å²) in [6.45, 7) is 1.22. The number of carbonyl (C=O) groups excluding carboxylic acids is 1. The fraction of sp³-hybridized carbons (Fsp3) is 0.364. The molecule has 2 rings (SSSR count). The Morgan fingerprint density at radius 2 is 2.12 bits per heavy atom. The highest BCUT2D eigenvalue weighted by molar-refractivity contribution is 5.82. The molecule has 0 aromatic heterocycles. The van der Waals surface area contributed by atoms with Gasteiger partial charge in [0, 0.05) is 13.1 Å². The molecule has 0 radical (unpaired) electrons. The van der Waals surface area contributed by atoms with Gasteiger partial charge in [-0.25, -0.2) is 8.78 Å². The van der Waals surface area contributed by atoms with Crippen molar-refractivity contribution in [3.63, 3.8) is 0 Å². The summed E-state index contributed by atoms with van der Waals surface area (Å²) in [5, 5.41) is 5.63. The average Bonchev–Trinajstić information content (AvgIpc) is 2.27. The van der Waals surface area contributed by atoms with Crippen LogP contribution in [0.5, 0.6) is 0 Å². The average molecular weight is 226 g/mol. The molecule has 86 valence electrons. The number of amides is 1. The van der Waals surface area contributed by atoms with Crippen LogP contribution in [0.4, 0.5) is 8.78 Å². The molecular formula is C11H12F2N2O. The monoisotopic (exact) mass is 226 g/mol. The highest BCUT2D eigenvalue weighted by Crippen LogP contribution is 2.12. The van der Waals surface area contributed by atoms with Gasteiger partial charge < -0.3 is 10.6 Å². The second-order valence-corrected chi connectivity index (χ2v) is 3.74. The Morgan fingerprint density at radius 1 is 1.31 bits per heavy atom. The molecule has 1 aromatic carbocycles. The summed E-state index contributed by atoms with van der Waals surface area (Å²) in [5.74, 6) is -1.15. The van der Waals surface area contributed by atoms with Crippen LogP contribution in [0.15, 0.2) is 18.2 Å². The van der Waals surface area contributed by atoms with Crippen molar-refractivity contribution in [3.8, 4) is 0 Å². The number of carbonyl (C=O) groups is 1. The summed E-state index contributed by atoms with van der Waals surface area (Å²) in [7, 11) is 0. The summed E-state index contributed by atoms with van der Waals surface area (Å²) >= 11 is 0. The normalized spacial score (nSPS) is 20.6. The van der Waals surface area contributed by atoms with E-state index in [0.29, 0.717) is 13.1 Å². The third-order valence-corrected chi connectivity index (χ3v) is 2.56. The standard InChI is InChI=1S/C11H12F2N2O/c12-8-1-2-9(13)7(5-8)6-10-11(16)15-4-3-14-10/h1-2,5,10,14H,3-4,6H2,(H,15,16)/t10-/m0/s1. The van der Waals surface area contributed by atoms with Crippen molar-refractivity contribution in [2.45, 2.75) is 12.5 Å². The van der Waals surface area contributed by atoms with Gasteiger partial charge in [0.15, 0.2) is 0 Å². The number of hydrogen-bond acceptors (Lipinski definition) is 2. The molecule has 1 aliphatic heterocycles. The predicted molar refractivity (Wildman–Crippen MR) is 54.9 cm³/mol. The Labute approximate surface area is 91.8 Å². The number of hydrogen-bond donors (Lipinski definition) is 2. The van der Waals surface area contributed by atoms with Gasteiger partial charge in [-0.15, -0.1) is 0 Å². The van der Waals surface area contributed by atoms with Gasteiger partial charge in [0.25, 0.3) is 0 Å². The quantitative estimate of drug-likeness (QED) is 0.775. The maximum atomic E-state index is 13.3. The Bertz CT molecular complexity index is 409. The second kappa shape index (κ2) is 4.57. The SMILES string of the molecule is O=C1NCCN[C@H]1Cc1cc(F)ccc1F. The van der Waals surface area contributed by atoms with E-state index in [0.717, 1.165) is 18.2 Å². The minimum Gasteiger partial charge on any atom is -0.353 e. The molecule has 0 bridgehead atoms. The molecule has 0 spiro atoms. The molecule has 1 saturated heterocycles. The van der Waals surface area contributed by atoms with Gasteiger partial charge in [-0.05, 0) is 30.2 Å². The van der Waals surface area contributed by atoms with Crippen LogP contribution in [0.25, 0.3) is 0 Å². The van der Waals surface area contributed by atoms with Crippen LogP contribution < -0.4 is 10.6 Å². The van der Waals surface area contributed by atoms with Crippen molar-refractivity contribution in [2.24, 2.45) is 0 Å². The zero-order valence-corrected chi connectivity index (χ0v) is 8.59. The van der Waals surface area contributed by atoms with Crippen LogP contribution in [0.3, 0.4) is 0 Å². The van der Waals surface area contributed by atoms with Crippen molar-refractivity contribution in [1.82, 2.24) is 10.6 Å². The van der Waals surface area contributed by atoms with Crippen molar-refractivity contribution in [3.05, 3.63) is 35.4 Å². The molecule has 16 heavy (non-hydrogen) atoms. The topological polar surface area (TPSA) is 41.1 Å². The van der Waals surface area contributed by atoms with Crippen molar-refractivity contribution in [2.75, 3.05) is 13.1 Å². The van der Waals surface area contributed by atoms with Crippen LogP contribution in [0.1, 0.15) is 5.56 Å². The molecule has 0 saturated carbocycles. The first kappa shape index (κ1) is 11.0. The van der Waals surface area contributed by atoms with E-state index >= 15 is 0 Å². The summed E-state index contributed by atoms with van der Waals surface area (Å²) in [6, 6.07) is 2.78. The summed E-state index contributed by atoms with van der Waals surface area (Å²) in [4.78, 5) is 11.4. The van der Waals surface area contributed by atoms with Gasteiger partial charge in [0.1, 0.15) is 11.6 Å². The molecule has 3 nitrogen and oxygen atoms in total. The second-order valence-electron chi connectivity index (χ2n) is 3.74. The summed E-state index contributed by atoms with van der Waals surface area (Å²) in [5.41, 5.74) is 0.217. The number of nitrogens with one attached hydrogen (secondary N) is 2. The van der Waals surface area contributed by atoms with E-state index in [2.05, 4.69) is 10.6 Å². The van der Waals surface area contributed by atoms with E-state index in [1.54, 1.807) is 0 Å². The first-order valence-corrected chi connectivity index (χ1v) is 5.12. The van der Waals surface area contributed by atoms with Crippen molar-refractivity contribution in [1.29, 1.82) is 0 Å². The van der Waals surface area contributed by atoms with Crippen molar-refractivity contribution >= 4 is 5.91 Å². The molecular weight excluding hydrogens is 214 g/mol. The zero-order valence-electron chi connectivity index (χ0n) is 8.59. The highest BCUT2D eigenvalue weighted by atomic mass is 19.1. The maximum absolute atomic E-state index is 13.3. The fourth-order valence-corrected chi connectivity index (χ4v) is 1.73. The third kappa shape index (κ3) is 2.36. The lowest BCUT2D eigenvalue weighted by molar-refractivity contribution is -0.124. The van der Waals surface area contributed by atoms with Crippen LogP contribution in [-0.2, 0) is 11.2 Å². The number of rotatable bonds is 2. The van der Waals surface area contributed by atoms with E-state index < -0.39 is 17.7 Å². The maximum Gasteiger partial charge on any atom is 0.237 e. The number of piperazine rings is 1. The molecule has 0 aliphatic carbocycles. The van der Waals surface area contributed by atoms with Gasteiger partial charge in [-0.1, -0.05) is 0 Å². The van der Waals surface area contributed by atoms with E-state index in [1.807, 2.05) is 0 Å². The van der Waals surface area contributed by atoms with Crippen LogP contribution >= 0.6 is 0 Å². The Hall–Kier alpha value is -1.49. The van der Waals surface area contributed by atoms with Crippen LogP contribution in [0, 0.1) is 11.6 Å². The molecule has 1 aliphatic rings. The molecule has 1 fully saturated rings. The Balaban J connectivity index is 2.13. The summed E-state index contributed by atoms with van der Waals surface area (Å²) in [6.07, 6.45) is 0.162. The van der Waals surface area contributed by atoms with Gasteiger partial charge in [0.2, 0.25) is 5.91 Å². The van der Waals surface area contributed by atoms with Gasteiger partial charge in [-0.2, -0.15) is 0 Å². The lowest BCUT2D eigenvalue weighted by Crippen LogP contribution is -2.53. The van der Waals surface area contributed by atoms with Gasteiger partial charge in [0.05, 0.1) is 6.04 Å². The van der Waals surface area contributed by atoms with Crippen LogP contribution in [-0.4, -0.2) is 25.0 Å². The smallest absolute Gasteiger partial charge is 0.237 e. The molecule has 5 heteroatoms. The molecule has 0 unspecified atom stereocenters. The van der Waals surface area contributed by atoms with Crippen molar-refractivity contribution < 1.29 is 13.6 Å². The van der Waals surface area contributed by atoms with E-state index in [1.165, 1.54) is 0 Å². The molecule has 2 N–H and O–H groups in total. The Morgan fingerprint density at radius 3 is 2.88 bits per heavy atom.